The normalized spacial score (nSPS) is 23.1. The van der Waals surface area contributed by atoms with Gasteiger partial charge in [0.2, 0.25) is 0 Å². The van der Waals surface area contributed by atoms with E-state index in [1.807, 2.05) is 0 Å². The van der Waals surface area contributed by atoms with Crippen LogP contribution in [-0.4, -0.2) is 23.7 Å². The Balaban J connectivity index is 2.54. The number of hydrogen-bond acceptors (Lipinski definition) is 3. The van der Waals surface area contributed by atoms with Crippen LogP contribution in [0.25, 0.3) is 0 Å². The van der Waals surface area contributed by atoms with E-state index >= 15 is 0 Å². The summed E-state index contributed by atoms with van der Waals surface area (Å²) in [5.74, 6) is -3.38. The van der Waals surface area contributed by atoms with E-state index in [9.17, 15) is 18.4 Å². The molecule has 7 heteroatoms. The lowest BCUT2D eigenvalue weighted by Gasteiger charge is -2.21. The second-order valence-corrected chi connectivity index (χ2v) is 3.53. The summed E-state index contributed by atoms with van der Waals surface area (Å²) in [5, 5.41) is 11.2. The number of nitrogens with one attached hydrogen (secondary N) is 1. The van der Waals surface area contributed by atoms with E-state index in [4.69, 9.17) is 5.11 Å². The van der Waals surface area contributed by atoms with Crippen molar-refractivity contribution in [1.82, 2.24) is 5.32 Å². The minimum atomic E-state index is -2.08. The summed E-state index contributed by atoms with van der Waals surface area (Å²) in [6, 6.07) is 2.23. The lowest BCUT2D eigenvalue weighted by molar-refractivity contribution is -0.155. The summed E-state index contributed by atoms with van der Waals surface area (Å²) in [5.41, 5.74) is -2.35. The molecule has 0 saturated carbocycles. The van der Waals surface area contributed by atoms with Gasteiger partial charge in [0.1, 0.15) is 11.6 Å². The SMILES string of the molecule is O=C1NCC(C(=O)O)(c2cc(F)cc(F)c2)O1. The van der Waals surface area contributed by atoms with E-state index in [1.54, 1.807) is 0 Å². The van der Waals surface area contributed by atoms with E-state index < -0.39 is 29.3 Å². The summed E-state index contributed by atoms with van der Waals surface area (Å²) < 4.78 is 30.7. The van der Waals surface area contributed by atoms with Gasteiger partial charge in [-0.2, -0.15) is 0 Å². The van der Waals surface area contributed by atoms with Crippen molar-refractivity contribution in [2.24, 2.45) is 0 Å². The smallest absolute Gasteiger partial charge is 0.408 e. The zero-order valence-electron chi connectivity index (χ0n) is 8.37. The number of cyclic esters (lactones) is 1. The predicted octanol–water partition coefficient (Wildman–Crippen LogP) is 0.985. The molecular weight excluding hydrogens is 236 g/mol. The fraction of sp³-hybridized carbons (Fsp3) is 0.200. The molecule has 1 aromatic carbocycles. The van der Waals surface area contributed by atoms with Gasteiger partial charge in [0.15, 0.2) is 0 Å². The third-order valence-electron chi connectivity index (χ3n) is 2.42. The predicted molar refractivity (Wildman–Crippen MR) is 50.2 cm³/mol. The number of carbonyl (C=O) groups excluding carboxylic acids is 1. The van der Waals surface area contributed by atoms with Crippen LogP contribution >= 0.6 is 0 Å². The minimum absolute atomic E-state index is 0.263. The molecule has 1 heterocycles. The van der Waals surface area contributed by atoms with E-state index in [0.717, 1.165) is 12.1 Å². The average molecular weight is 243 g/mol. The highest BCUT2D eigenvalue weighted by Crippen LogP contribution is 2.30. The molecule has 1 aliphatic heterocycles. The standard InChI is InChI=1S/C10H7F2NO4/c11-6-1-5(2-7(12)3-6)10(8(14)15)4-13-9(16)17-10/h1-3H,4H2,(H,13,16)(H,14,15). The molecule has 17 heavy (non-hydrogen) atoms. The highest BCUT2D eigenvalue weighted by molar-refractivity contribution is 5.86. The first-order valence-electron chi connectivity index (χ1n) is 4.61. The molecule has 0 aromatic heterocycles. The molecule has 0 spiro atoms. The molecule has 1 aliphatic rings. The van der Waals surface area contributed by atoms with Gasteiger partial charge in [-0.1, -0.05) is 0 Å². The number of carboxylic acids is 1. The molecule has 90 valence electrons. The first-order valence-corrected chi connectivity index (χ1v) is 4.61. The molecule has 0 bridgehead atoms. The molecule has 0 aliphatic carbocycles. The van der Waals surface area contributed by atoms with Crippen molar-refractivity contribution in [3.05, 3.63) is 35.4 Å². The number of carbonyl (C=O) groups is 2. The molecule has 2 N–H and O–H groups in total. The number of benzene rings is 1. The van der Waals surface area contributed by atoms with Crippen molar-refractivity contribution >= 4 is 12.1 Å². The second kappa shape index (κ2) is 3.69. The van der Waals surface area contributed by atoms with Crippen molar-refractivity contribution in [2.75, 3.05) is 6.54 Å². The molecule has 1 amide bonds. The van der Waals surface area contributed by atoms with Gasteiger partial charge in [0.05, 0.1) is 6.54 Å². The number of carboxylic acid groups (broad SMARTS) is 1. The Morgan fingerprint density at radius 1 is 1.35 bits per heavy atom. The van der Waals surface area contributed by atoms with Gasteiger partial charge >= 0.3 is 12.1 Å². The summed E-state index contributed by atoms with van der Waals surface area (Å²) >= 11 is 0. The van der Waals surface area contributed by atoms with Gasteiger partial charge in [-0.15, -0.1) is 0 Å². The second-order valence-electron chi connectivity index (χ2n) is 3.53. The topological polar surface area (TPSA) is 75.6 Å². The Bertz CT molecular complexity index is 485. The lowest BCUT2D eigenvalue weighted by Crippen LogP contribution is -2.39. The Hall–Kier alpha value is -2.18. The van der Waals surface area contributed by atoms with Crippen LogP contribution in [0, 0.1) is 11.6 Å². The van der Waals surface area contributed by atoms with Crippen molar-refractivity contribution in [3.63, 3.8) is 0 Å². The minimum Gasteiger partial charge on any atom is -0.478 e. The van der Waals surface area contributed by atoms with E-state index in [2.05, 4.69) is 10.1 Å². The number of rotatable bonds is 2. The Morgan fingerprint density at radius 2 is 1.94 bits per heavy atom. The van der Waals surface area contributed by atoms with Crippen LogP contribution in [-0.2, 0) is 15.1 Å². The quantitative estimate of drug-likeness (QED) is 0.812. The fourth-order valence-electron chi connectivity index (χ4n) is 1.62. The van der Waals surface area contributed by atoms with E-state index in [1.165, 1.54) is 0 Å². The van der Waals surface area contributed by atoms with Crippen LogP contribution in [0.4, 0.5) is 13.6 Å². The van der Waals surface area contributed by atoms with Crippen LogP contribution in [0.3, 0.4) is 0 Å². The van der Waals surface area contributed by atoms with Crippen molar-refractivity contribution in [1.29, 1.82) is 0 Å². The zero-order chi connectivity index (χ0) is 12.6. The first kappa shape index (κ1) is 11.3. The van der Waals surface area contributed by atoms with Gasteiger partial charge in [0, 0.05) is 11.6 Å². The maximum absolute atomic E-state index is 13.0. The zero-order valence-corrected chi connectivity index (χ0v) is 8.37. The molecule has 1 unspecified atom stereocenters. The number of hydrogen-bond donors (Lipinski definition) is 2. The molecule has 1 saturated heterocycles. The van der Waals surface area contributed by atoms with Gasteiger partial charge < -0.3 is 15.2 Å². The highest BCUT2D eigenvalue weighted by Gasteiger charge is 2.49. The van der Waals surface area contributed by atoms with Crippen molar-refractivity contribution in [3.8, 4) is 0 Å². The Kier molecular flexibility index (Phi) is 2.45. The molecule has 2 rings (SSSR count). The third kappa shape index (κ3) is 1.79. The maximum atomic E-state index is 13.0. The Morgan fingerprint density at radius 3 is 2.35 bits per heavy atom. The monoisotopic (exact) mass is 243 g/mol. The maximum Gasteiger partial charge on any atom is 0.408 e. The Labute approximate surface area is 94.0 Å². The molecule has 5 nitrogen and oxygen atoms in total. The van der Waals surface area contributed by atoms with Gasteiger partial charge in [-0.3, -0.25) is 0 Å². The number of aliphatic carboxylic acids is 1. The molecule has 1 fully saturated rings. The van der Waals surface area contributed by atoms with Crippen molar-refractivity contribution in [2.45, 2.75) is 5.60 Å². The van der Waals surface area contributed by atoms with Crippen LogP contribution in [0.15, 0.2) is 18.2 Å². The number of amides is 1. The average Bonchev–Trinajstić information content (AvgIpc) is 2.60. The fourth-order valence-corrected chi connectivity index (χ4v) is 1.62. The first-order chi connectivity index (χ1) is 7.94. The third-order valence-corrected chi connectivity index (χ3v) is 2.42. The van der Waals surface area contributed by atoms with Gasteiger partial charge in [0.25, 0.3) is 5.60 Å². The summed E-state index contributed by atoms with van der Waals surface area (Å²) in [7, 11) is 0. The van der Waals surface area contributed by atoms with Crippen LogP contribution in [0.5, 0.6) is 0 Å². The molecular formula is C10H7F2NO4. The van der Waals surface area contributed by atoms with Crippen LogP contribution in [0.1, 0.15) is 5.56 Å². The summed E-state index contributed by atoms with van der Waals surface area (Å²) in [4.78, 5) is 22.1. The number of ether oxygens (including phenoxy) is 1. The summed E-state index contributed by atoms with van der Waals surface area (Å²) in [6.07, 6.45) is -0.947. The lowest BCUT2D eigenvalue weighted by atomic mass is 9.94. The van der Waals surface area contributed by atoms with Crippen molar-refractivity contribution < 1.29 is 28.2 Å². The van der Waals surface area contributed by atoms with Crippen LogP contribution < -0.4 is 5.32 Å². The number of halogens is 2. The summed E-state index contributed by atoms with van der Waals surface area (Å²) in [6.45, 7) is -0.385. The van der Waals surface area contributed by atoms with Gasteiger partial charge in [-0.05, 0) is 12.1 Å². The molecule has 1 aromatic rings. The van der Waals surface area contributed by atoms with Gasteiger partial charge in [-0.25, -0.2) is 18.4 Å². The molecule has 1 atom stereocenters. The largest absolute Gasteiger partial charge is 0.478 e. The van der Waals surface area contributed by atoms with Crippen LogP contribution in [0.2, 0.25) is 0 Å². The molecule has 0 radical (unpaired) electrons. The van der Waals surface area contributed by atoms with E-state index in [-0.39, 0.29) is 12.1 Å². The highest BCUT2D eigenvalue weighted by atomic mass is 19.1. The number of alkyl carbamates (subject to hydrolysis) is 1. The van der Waals surface area contributed by atoms with E-state index in [0.29, 0.717) is 6.07 Å².